The fraction of sp³-hybridized carbons (Fsp3) is 0.800. The van der Waals surface area contributed by atoms with E-state index in [4.69, 9.17) is 4.74 Å². The summed E-state index contributed by atoms with van der Waals surface area (Å²) in [6.45, 7) is 1.26. The molecule has 2 fully saturated rings. The molecule has 0 spiro atoms. The van der Waals surface area contributed by atoms with Crippen molar-refractivity contribution in [3.63, 3.8) is 0 Å². The maximum Gasteiger partial charge on any atom is 0.344 e. The van der Waals surface area contributed by atoms with Crippen molar-refractivity contribution in [2.45, 2.75) is 68.8 Å². The summed E-state index contributed by atoms with van der Waals surface area (Å²) in [6, 6.07) is 0.310. The summed E-state index contributed by atoms with van der Waals surface area (Å²) in [5.74, 6) is 0.299. The average Bonchev–Trinajstić information content (AvgIpc) is 3.18. The fourth-order valence-corrected chi connectivity index (χ4v) is 3.98. The highest BCUT2D eigenvalue weighted by molar-refractivity contribution is 7.99. The van der Waals surface area contributed by atoms with Crippen molar-refractivity contribution in [3.8, 4) is 0 Å². The average molecular weight is 340 g/mol. The van der Waals surface area contributed by atoms with Crippen LogP contribution in [-0.2, 0) is 16.1 Å². The first-order valence-corrected chi connectivity index (χ1v) is 9.40. The van der Waals surface area contributed by atoms with Crippen LogP contribution >= 0.6 is 11.8 Å². The highest BCUT2D eigenvalue weighted by Crippen LogP contribution is 2.19. The van der Waals surface area contributed by atoms with Gasteiger partial charge < -0.3 is 10.1 Å². The number of H-pyrrole nitrogens is 1. The standard InChI is InChI=1S/C15H24N4O3S/c20-13(16-11-5-2-1-3-6-11)10-23-15-18-17-14(21)19(15)9-12-7-4-8-22-12/h11-12H,1-10H2,(H,16,20)(H,17,21). The third-order valence-corrected chi connectivity index (χ3v) is 5.41. The molecule has 1 aliphatic carbocycles. The number of ether oxygens (including phenoxy) is 1. The molecule has 7 nitrogen and oxygen atoms in total. The van der Waals surface area contributed by atoms with Crippen LogP contribution in [0.25, 0.3) is 0 Å². The lowest BCUT2D eigenvalue weighted by molar-refractivity contribution is -0.119. The van der Waals surface area contributed by atoms with Gasteiger partial charge in [0.1, 0.15) is 0 Å². The molecule has 128 valence electrons. The van der Waals surface area contributed by atoms with E-state index in [1.54, 1.807) is 4.57 Å². The van der Waals surface area contributed by atoms with Gasteiger partial charge in [0.2, 0.25) is 5.91 Å². The molecule has 3 rings (SSSR count). The minimum absolute atomic E-state index is 0.0148. The van der Waals surface area contributed by atoms with E-state index < -0.39 is 0 Å². The number of amides is 1. The minimum Gasteiger partial charge on any atom is -0.376 e. The van der Waals surface area contributed by atoms with Gasteiger partial charge in [-0.05, 0) is 25.7 Å². The molecule has 0 bridgehead atoms. The number of aromatic amines is 1. The van der Waals surface area contributed by atoms with E-state index in [9.17, 15) is 9.59 Å². The zero-order valence-corrected chi connectivity index (χ0v) is 14.1. The van der Waals surface area contributed by atoms with Crippen LogP contribution in [0.5, 0.6) is 0 Å². The normalized spacial score (nSPS) is 22.3. The second-order valence-electron chi connectivity index (χ2n) is 6.25. The van der Waals surface area contributed by atoms with Crippen LogP contribution < -0.4 is 11.0 Å². The van der Waals surface area contributed by atoms with Crippen LogP contribution in [0.3, 0.4) is 0 Å². The van der Waals surface area contributed by atoms with Gasteiger partial charge in [0.15, 0.2) is 5.16 Å². The van der Waals surface area contributed by atoms with Crippen molar-refractivity contribution in [1.82, 2.24) is 20.1 Å². The number of nitrogens with one attached hydrogen (secondary N) is 2. The molecule has 8 heteroatoms. The summed E-state index contributed by atoms with van der Waals surface area (Å²) in [5, 5.41) is 10.1. The van der Waals surface area contributed by atoms with E-state index >= 15 is 0 Å². The Morgan fingerprint density at radius 2 is 2.13 bits per heavy atom. The minimum atomic E-state index is -0.240. The van der Waals surface area contributed by atoms with Gasteiger partial charge in [0, 0.05) is 12.6 Å². The van der Waals surface area contributed by atoms with Gasteiger partial charge in [0.25, 0.3) is 0 Å². The largest absolute Gasteiger partial charge is 0.376 e. The number of rotatable bonds is 6. The molecule has 1 amide bonds. The van der Waals surface area contributed by atoms with Gasteiger partial charge in [-0.25, -0.2) is 9.89 Å². The number of hydrogen-bond acceptors (Lipinski definition) is 5. The van der Waals surface area contributed by atoms with Gasteiger partial charge in [-0.1, -0.05) is 31.0 Å². The fourth-order valence-electron chi connectivity index (χ4n) is 3.21. The van der Waals surface area contributed by atoms with Gasteiger partial charge in [-0.2, -0.15) is 0 Å². The molecule has 1 aromatic heterocycles. The molecule has 2 aliphatic rings. The Labute approximate surface area is 139 Å². The Kier molecular flexibility index (Phi) is 5.77. The third kappa shape index (κ3) is 4.60. The Morgan fingerprint density at radius 1 is 1.30 bits per heavy atom. The van der Waals surface area contributed by atoms with E-state index in [0.29, 0.717) is 17.7 Å². The maximum atomic E-state index is 12.1. The zero-order valence-electron chi connectivity index (χ0n) is 13.3. The Hall–Kier alpha value is -1.28. The Morgan fingerprint density at radius 3 is 2.87 bits per heavy atom. The van der Waals surface area contributed by atoms with Crippen molar-refractivity contribution in [2.24, 2.45) is 0 Å². The van der Waals surface area contributed by atoms with Crippen molar-refractivity contribution >= 4 is 17.7 Å². The monoisotopic (exact) mass is 340 g/mol. The molecule has 23 heavy (non-hydrogen) atoms. The molecule has 1 aliphatic heterocycles. The first-order chi connectivity index (χ1) is 11.2. The number of nitrogens with zero attached hydrogens (tertiary/aromatic N) is 2. The quantitative estimate of drug-likeness (QED) is 0.762. The van der Waals surface area contributed by atoms with Gasteiger partial charge in [0.05, 0.1) is 18.4 Å². The molecule has 1 saturated carbocycles. The first kappa shape index (κ1) is 16.6. The first-order valence-electron chi connectivity index (χ1n) is 8.41. The van der Waals surface area contributed by atoms with Gasteiger partial charge in [-0.3, -0.25) is 9.36 Å². The summed E-state index contributed by atoms with van der Waals surface area (Å²) >= 11 is 1.30. The summed E-state index contributed by atoms with van der Waals surface area (Å²) < 4.78 is 7.15. The summed E-state index contributed by atoms with van der Waals surface area (Å²) in [5.41, 5.74) is -0.240. The van der Waals surface area contributed by atoms with Crippen LogP contribution in [-0.4, -0.2) is 45.2 Å². The molecule has 1 atom stereocenters. The number of hydrogen-bond donors (Lipinski definition) is 2. The van der Waals surface area contributed by atoms with E-state index in [2.05, 4.69) is 15.5 Å². The van der Waals surface area contributed by atoms with Crippen LogP contribution in [0.1, 0.15) is 44.9 Å². The summed E-state index contributed by atoms with van der Waals surface area (Å²) in [6.07, 6.45) is 7.86. The molecule has 2 heterocycles. The molecule has 0 aromatic carbocycles. The summed E-state index contributed by atoms with van der Waals surface area (Å²) in [7, 11) is 0. The second kappa shape index (κ2) is 8.01. The summed E-state index contributed by atoms with van der Waals surface area (Å²) in [4.78, 5) is 23.9. The molecule has 1 unspecified atom stereocenters. The number of carbonyl (C=O) groups is 1. The van der Waals surface area contributed by atoms with E-state index in [1.807, 2.05) is 0 Å². The topological polar surface area (TPSA) is 89.0 Å². The van der Waals surface area contributed by atoms with E-state index in [1.165, 1.54) is 31.0 Å². The second-order valence-corrected chi connectivity index (χ2v) is 7.19. The Balaban J connectivity index is 1.51. The predicted octanol–water partition coefficient (Wildman–Crippen LogP) is 1.29. The lowest BCUT2D eigenvalue weighted by Crippen LogP contribution is -2.37. The number of aromatic nitrogens is 3. The lowest BCUT2D eigenvalue weighted by atomic mass is 9.95. The highest BCUT2D eigenvalue weighted by atomic mass is 32.2. The van der Waals surface area contributed by atoms with Crippen molar-refractivity contribution in [1.29, 1.82) is 0 Å². The van der Waals surface area contributed by atoms with Crippen LogP contribution in [0, 0.1) is 0 Å². The Bertz CT molecular complexity index is 574. The third-order valence-electron chi connectivity index (χ3n) is 4.44. The van der Waals surface area contributed by atoms with Crippen molar-refractivity contribution in [3.05, 3.63) is 10.5 Å². The number of carbonyl (C=O) groups excluding carboxylic acids is 1. The molecule has 0 radical (unpaired) electrons. The smallest absolute Gasteiger partial charge is 0.344 e. The van der Waals surface area contributed by atoms with Crippen LogP contribution in [0.2, 0.25) is 0 Å². The van der Waals surface area contributed by atoms with Crippen molar-refractivity contribution < 1.29 is 9.53 Å². The molecular weight excluding hydrogens is 316 g/mol. The van der Waals surface area contributed by atoms with Gasteiger partial charge in [-0.15, -0.1) is 5.10 Å². The SMILES string of the molecule is O=C(CSc1n[nH]c(=O)n1CC1CCCO1)NC1CCCCC1. The highest BCUT2D eigenvalue weighted by Gasteiger charge is 2.21. The van der Waals surface area contributed by atoms with Crippen molar-refractivity contribution in [2.75, 3.05) is 12.4 Å². The van der Waals surface area contributed by atoms with E-state index in [0.717, 1.165) is 32.3 Å². The zero-order chi connectivity index (χ0) is 16.1. The van der Waals surface area contributed by atoms with Crippen LogP contribution in [0.15, 0.2) is 9.95 Å². The molecule has 1 aromatic rings. The predicted molar refractivity (Wildman–Crippen MR) is 87.6 cm³/mol. The van der Waals surface area contributed by atoms with E-state index in [-0.39, 0.29) is 23.5 Å². The number of thioether (sulfide) groups is 1. The van der Waals surface area contributed by atoms with Crippen LogP contribution in [0.4, 0.5) is 0 Å². The molecule has 2 N–H and O–H groups in total. The van der Waals surface area contributed by atoms with Gasteiger partial charge >= 0.3 is 5.69 Å². The maximum absolute atomic E-state index is 12.1. The molecular formula is C15H24N4O3S. The lowest BCUT2D eigenvalue weighted by Gasteiger charge is -2.22. The molecule has 1 saturated heterocycles.